The number of rotatable bonds is 8. The molecule has 13 aromatic rings. The van der Waals surface area contributed by atoms with Gasteiger partial charge in [-0.15, -0.1) is 0 Å². The summed E-state index contributed by atoms with van der Waals surface area (Å²) in [5, 5.41) is 4.89. The van der Waals surface area contributed by atoms with E-state index in [0.29, 0.717) is 5.82 Å². The lowest BCUT2D eigenvalue weighted by molar-refractivity contribution is 1.17. The molecule has 0 spiro atoms. The van der Waals surface area contributed by atoms with E-state index in [9.17, 15) is 0 Å². The molecule has 4 nitrogen and oxygen atoms in total. The van der Waals surface area contributed by atoms with E-state index >= 15 is 0 Å². The fraction of sp³-hybridized carbons (Fsp3) is 0. The quantitative estimate of drug-likeness (QED) is 0.153. The normalized spacial score (nSPS) is 11.5. The Balaban J connectivity index is 1.02. The van der Waals surface area contributed by atoms with Crippen LogP contribution >= 0.6 is 0 Å². The van der Waals surface area contributed by atoms with Crippen molar-refractivity contribution in [1.82, 2.24) is 19.1 Å². The van der Waals surface area contributed by atoms with Crippen molar-refractivity contribution < 1.29 is 0 Å². The van der Waals surface area contributed by atoms with Crippen LogP contribution in [0.25, 0.3) is 122 Å². The molecule has 0 saturated carbocycles. The van der Waals surface area contributed by atoms with Gasteiger partial charge < -0.3 is 9.13 Å². The van der Waals surface area contributed by atoms with E-state index in [2.05, 4.69) is 264 Å². The third kappa shape index (κ3) is 6.61. The van der Waals surface area contributed by atoms with Gasteiger partial charge in [-0.1, -0.05) is 206 Å². The van der Waals surface area contributed by atoms with Crippen LogP contribution in [0.2, 0.25) is 0 Å². The molecule has 4 heteroatoms. The number of fused-ring (bicyclic) bond motifs is 7. The van der Waals surface area contributed by atoms with Gasteiger partial charge in [-0.2, -0.15) is 0 Å². The Bertz CT molecular complexity index is 4000. The van der Waals surface area contributed by atoms with Crippen LogP contribution in [0, 0.1) is 0 Å². The summed E-state index contributed by atoms with van der Waals surface area (Å²) in [6, 6.07) is 90.9. The lowest BCUT2D eigenvalue weighted by atomic mass is 9.96. The number of benzene rings is 10. The maximum Gasteiger partial charge on any atom is 0.161 e. The molecule has 0 aliphatic heterocycles. The lowest BCUT2D eigenvalue weighted by Gasteiger charge is -2.17. The van der Waals surface area contributed by atoms with Crippen molar-refractivity contribution >= 4 is 43.6 Å². The van der Waals surface area contributed by atoms with Crippen LogP contribution in [0.5, 0.6) is 0 Å². The Kier molecular flexibility index (Phi) is 9.47. The van der Waals surface area contributed by atoms with Gasteiger partial charge in [0.15, 0.2) is 5.82 Å². The van der Waals surface area contributed by atoms with Gasteiger partial charge in [0, 0.05) is 49.5 Å². The van der Waals surface area contributed by atoms with Crippen molar-refractivity contribution in [3.63, 3.8) is 0 Å². The van der Waals surface area contributed by atoms with E-state index in [4.69, 9.17) is 9.97 Å². The van der Waals surface area contributed by atoms with Crippen molar-refractivity contribution in [3.8, 4) is 78.7 Å². The molecule has 0 unspecified atom stereocenters. The average Bonchev–Trinajstić information content (AvgIpc) is 3.94. The zero-order chi connectivity index (χ0) is 45.0. The van der Waals surface area contributed by atoms with E-state index in [1.54, 1.807) is 0 Å². The van der Waals surface area contributed by atoms with E-state index in [0.717, 1.165) is 78.3 Å². The molecular formula is C64H42N4. The summed E-state index contributed by atoms with van der Waals surface area (Å²) in [6.45, 7) is 0. The molecule has 0 aliphatic carbocycles. The molecule has 0 atom stereocenters. The maximum absolute atomic E-state index is 5.45. The van der Waals surface area contributed by atoms with Gasteiger partial charge in [0.05, 0.1) is 39.1 Å². The summed E-state index contributed by atoms with van der Waals surface area (Å²) >= 11 is 0. The van der Waals surface area contributed by atoms with Crippen LogP contribution < -0.4 is 0 Å². The van der Waals surface area contributed by atoms with Gasteiger partial charge in [-0.25, -0.2) is 9.97 Å². The maximum atomic E-state index is 5.45. The number of hydrogen-bond acceptors (Lipinski definition) is 2. The number of hydrogen-bond donors (Lipinski definition) is 0. The highest BCUT2D eigenvalue weighted by Crippen LogP contribution is 2.44. The Labute approximate surface area is 394 Å². The largest absolute Gasteiger partial charge is 0.309 e. The molecule has 10 aromatic carbocycles. The first kappa shape index (κ1) is 39.3. The van der Waals surface area contributed by atoms with Gasteiger partial charge in [0.1, 0.15) is 0 Å². The van der Waals surface area contributed by atoms with Crippen LogP contribution in [-0.4, -0.2) is 19.1 Å². The third-order valence-corrected chi connectivity index (χ3v) is 13.4. The lowest BCUT2D eigenvalue weighted by Crippen LogP contribution is -2.00. The van der Waals surface area contributed by atoms with E-state index < -0.39 is 0 Å². The Morgan fingerprint density at radius 1 is 0.279 bits per heavy atom. The molecular weight excluding hydrogens is 825 g/mol. The van der Waals surface area contributed by atoms with Gasteiger partial charge in [0.2, 0.25) is 0 Å². The minimum atomic E-state index is 0.663. The Morgan fingerprint density at radius 2 is 0.794 bits per heavy atom. The van der Waals surface area contributed by atoms with E-state index in [-0.39, 0.29) is 0 Å². The molecule has 0 radical (unpaired) electrons. The first-order chi connectivity index (χ1) is 33.7. The fourth-order valence-corrected chi connectivity index (χ4v) is 10.2. The molecule has 68 heavy (non-hydrogen) atoms. The van der Waals surface area contributed by atoms with Gasteiger partial charge in [-0.05, 0) is 76.3 Å². The first-order valence-corrected chi connectivity index (χ1v) is 23.2. The molecule has 0 bridgehead atoms. The summed E-state index contributed by atoms with van der Waals surface area (Å²) in [6.07, 6.45) is 0. The Hall–Kier alpha value is -9.12. The van der Waals surface area contributed by atoms with Crippen LogP contribution in [0.15, 0.2) is 255 Å². The minimum absolute atomic E-state index is 0.663. The average molecular weight is 867 g/mol. The minimum Gasteiger partial charge on any atom is -0.309 e. The second kappa shape index (κ2) is 16.4. The molecule has 0 saturated heterocycles. The number of aromatic nitrogens is 4. The SMILES string of the molecule is c1ccc(-c2ccc(-c3cc(-c4cccc(-c5ccccc5)c4)nc(-c4ccccc4-c4ccccc4-n4c5ccccc5c5c4ccc4c6ccccc6n(-c6ccccc6)c45)n3)cc2)cc1. The molecule has 3 heterocycles. The van der Waals surface area contributed by atoms with Crippen molar-refractivity contribution in [2.24, 2.45) is 0 Å². The monoisotopic (exact) mass is 866 g/mol. The highest BCUT2D eigenvalue weighted by molar-refractivity contribution is 6.26. The number of nitrogens with zero attached hydrogens (tertiary/aromatic N) is 4. The highest BCUT2D eigenvalue weighted by Gasteiger charge is 2.23. The predicted molar refractivity (Wildman–Crippen MR) is 283 cm³/mol. The van der Waals surface area contributed by atoms with Crippen molar-refractivity contribution in [2.45, 2.75) is 0 Å². The topological polar surface area (TPSA) is 35.6 Å². The van der Waals surface area contributed by atoms with Crippen LogP contribution in [-0.2, 0) is 0 Å². The molecule has 3 aromatic heterocycles. The molecule has 318 valence electrons. The van der Waals surface area contributed by atoms with Crippen LogP contribution in [0.4, 0.5) is 0 Å². The molecule has 13 rings (SSSR count). The standard InChI is InChI=1S/C64H42N4/c1-4-19-43(20-5-1)45-35-37-46(38-36-45)56-42-57(48-24-18-23-47(41-48)44-21-6-2-7-22-44)66-64(65-56)54-30-11-10-27-50(54)51-28-12-16-33-59(51)68-60-34-17-14-31-55(60)62-61(68)40-39-53-52-29-13-15-32-58(52)67(63(53)62)49-25-8-3-9-26-49/h1-42H. The molecule has 0 fully saturated rings. The Morgan fingerprint density at radius 3 is 1.53 bits per heavy atom. The molecule has 0 amide bonds. The zero-order valence-electron chi connectivity index (χ0n) is 37.0. The number of para-hydroxylation sites is 4. The van der Waals surface area contributed by atoms with E-state index in [1.165, 1.54) is 38.1 Å². The summed E-state index contributed by atoms with van der Waals surface area (Å²) in [5.41, 5.74) is 18.4. The van der Waals surface area contributed by atoms with E-state index in [1.807, 2.05) is 0 Å². The first-order valence-electron chi connectivity index (χ1n) is 23.2. The smallest absolute Gasteiger partial charge is 0.161 e. The zero-order valence-corrected chi connectivity index (χ0v) is 37.0. The van der Waals surface area contributed by atoms with Gasteiger partial charge >= 0.3 is 0 Å². The third-order valence-electron chi connectivity index (χ3n) is 13.4. The molecule has 0 N–H and O–H groups in total. The molecule has 0 aliphatic rings. The second-order valence-electron chi connectivity index (χ2n) is 17.3. The van der Waals surface area contributed by atoms with Crippen molar-refractivity contribution in [2.75, 3.05) is 0 Å². The van der Waals surface area contributed by atoms with Crippen molar-refractivity contribution in [3.05, 3.63) is 255 Å². The summed E-state index contributed by atoms with van der Waals surface area (Å²) in [7, 11) is 0. The van der Waals surface area contributed by atoms with Crippen LogP contribution in [0.1, 0.15) is 0 Å². The van der Waals surface area contributed by atoms with Gasteiger partial charge in [0.25, 0.3) is 0 Å². The van der Waals surface area contributed by atoms with Crippen molar-refractivity contribution in [1.29, 1.82) is 0 Å². The highest BCUT2D eigenvalue weighted by atomic mass is 15.0. The van der Waals surface area contributed by atoms with Gasteiger partial charge in [-0.3, -0.25) is 0 Å². The summed E-state index contributed by atoms with van der Waals surface area (Å²) in [5.74, 6) is 0.663. The summed E-state index contributed by atoms with van der Waals surface area (Å²) < 4.78 is 4.90. The van der Waals surface area contributed by atoms with Crippen LogP contribution in [0.3, 0.4) is 0 Å². The second-order valence-corrected chi connectivity index (χ2v) is 17.3. The summed E-state index contributed by atoms with van der Waals surface area (Å²) in [4.78, 5) is 10.9. The predicted octanol–water partition coefficient (Wildman–Crippen LogP) is 16.7. The fourth-order valence-electron chi connectivity index (χ4n) is 10.2.